The molecule has 0 radical (unpaired) electrons. The minimum atomic E-state index is 0.0417. The molecule has 0 N–H and O–H groups in total. The molecule has 3 aromatic rings. The Morgan fingerprint density at radius 1 is 0.569 bits per heavy atom. The largest absolute Gasteiger partial charge is 0.0839 e. The van der Waals surface area contributed by atoms with E-state index in [2.05, 4.69) is 187 Å². The van der Waals surface area contributed by atoms with Crippen LogP contribution in [0.25, 0.3) is 16.7 Å². The van der Waals surface area contributed by atoms with E-state index in [1.54, 1.807) is 61.3 Å². The van der Waals surface area contributed by atoms with E-state index in [1.165, 1.54) is 51.8 Å². The van der Waals surface area contributed by atoms with Gasteiger partial charge in [-0.2, -0.15) is 0 Å². The maximum atomic E-state index is 2.85. The lowest BCUT2D eigenvalue weighted by molar-refractivity contribution is 0.314. The molecule has 0 aromatic heterocycles. The van der Waals surface area contributed by atoms with Crippen molar-refractivity contribution in [3.8, 4) is 0 Å². The SMILES string of the molecule is CCC1(CC)c2ccccc2C2=CC=C(C3=CC4=C(CC3)C(C3C=CC5=C(C3)C(C)(C)c3ccccc35)=CC3C4C=C(C4C=CC5=C(C4)C(C)(C)c4ccccc45)C4=CC=CCC43)CC21. The third-order valence-electron chi connectivity index (χ3n) is 19.1. The van der Waals surface area contributed by atoms with Crippen LogP contribution < -0.4 is 0 Å². The molecule has 0 saturated carbocycles. The van der Waals surface area contributed by atoms with E-state index in [0.29, 0.717) is 35.5 Å². The van der Waals surface area contributed by atoms with Gasteiger partial charge in [-0.3, -0.25) is 0 Å². The van der Waals surface area contributed by atoms with Gasteiger partial charge in [0, 0.05) is 34.0 Å². The van der Waals surface area contributed by atoms with Crippen molar-refractivity contribution < 1.29 is 0 Å². The minimum Gasteiger partial charge on any atom is -0.0839 e. The Morgan fingerprint density at radius 2 is 1.18 bits per heavy atom. The lowest BCUT2D eigenvalue weighted by Crippen LogP contribution is -2.35. The predicted octanol–water partition coefficient (Wildman–Crippen LogP) is 16.4. The summed E-state index contributed by atoms with van der Waals surface area (Å²) in [6, 6.07) is 27.8. The number of rotatable bonds is 5. The van der Waals surface area contributed by atoms with Crippen LogP contribution in [-0.2, 0) is 16.2 Å². The standard InChI is InChI=1S/C65H64/c1-7-65(8-2)59-24-16-13-21-48(59)51-30-26-40(34-62(51)65)39-25-29-45-53(42-28-32-50-47-20-12-15-23-58(47)64(5,6)61(50)36-42)37-55-44-18-10-9-17-43(44)52(38-56(55)54(45)33-39)41-27-31-49-46-19-11-14-22-57(46)63(3,4)60(49)35-41/h9-17,19-24,26-28,30-33,37-38,41-42,44,55-56,62H,7-8,18,25,29,34-36H2,1-6H3. The molecule has 0 amide bonds. The van der Waals surface area contributed by atoms with Crippen molar-refractivity contribution in [1.82, 2.24) is 0 Å². The fourth-order valence-electron chi connectivity index (χ4n) is 15.7. The van der Waals surface area contributed by atoms with Crippen LogP contribution in [0, 0.1) is 35.5 Å². The van der Waals surface area contributed by atoms with E-state index >= 15 is 0 Å². The van der Waals surface area contributed by atoms with Crippen LogP contribution in [0.2, 0.25) is 0 Å². The van der Waals surface area contributed by atoms with Crippen molar-refractivity contribution in [2.75, 3.05) is 0 Å². The molecular weight excluding hydrogens is 781 g/mol. The van der Waals surface area contributed by atoms with Crippen LogP contribution in [0.3, 0.4) is 0 Å². The van der Waals surface area contributed by atoms with E-state index in [-0.39, 0.29) is 16.2 Å². The molecule has 0 spiro atoms. The third-order valence-corrected chi connectivity index (χ3v) is 19.1. The van der Waals surface area contributed by atoms with E-state index in [4.69, 9.17) is 0 Å². The van der Waals surface area contributed by atoms with Crippen molar-refractivity contribution in [2.24, 2.45) is 35.5 Å². The molecule has 6 atom stereocenters. The molecule has 3 aromatic carbocycles. The fourth-order valence-corrected chi connectivity index (χ4v) is 15.7. The van der Waals surface area contributed by atoms with Gasteiger partial charge in [0.2, 0.25) is 0 Å². The first-order valence-corrected chi connectivity index (χ1v) is 25.4. The monoisotopic (exact) mass is 845 g/mol. The van der Waals surface area contributed by atoms with Crippen molar-refractivity contribution >= 4 is 16.7 Å². The summed E-state index contributed by atoms with van der Waals surface area (Å²) in [6.45, 7) is 14.8. The zero-order valence-electron chi connectivity index (χ0n) is 39.5. The fraction of sp³-hybridized carbons (Fsp3) is 0.354. The zero-order chi connectivity index (χ0) is 44.0. The Labute approximate surface area is 388 Å². The van der Waals surface area contributed by atoms with Crippen LogP contribution in [-0.4, -0.2) is 0 Å². The third kappa shape index (κ3) is 5.50. The molecule has 324 valence electrons. The average molecular weight is 845 g/mol. The van der Waals surface area contributed by atoms with Gasteiger partial charge in [0.15, 0.2) is 0 Å². The van der Waals surface area contributed by atoms with Crippen LogP contribution in [0.15, 0.2) is 196 Å². The molecule has 10 aliphatic carbocycles. The predicted molar refractivity (Wildman–Crippen MR) is 273 cm³/mol. The first-order chi connectivity index (χ1) is 31.6. The lowest BCUT2D eigenvalue weighted by Gasteiger charge is -2.46. The molecule has 0 heteroatoms. The number of benzene rings is 3. The maximum Gasteiger partial charge on any atom is 0.0121 e. The summed E-state index contributed by atoms with van der Waals surface area (Å²) in [5.74, 6) is 2.61. The van der Waals surface area contributed by atoms with Gasteiger partial charge in [0.25, 0.3) is 0 Å². The highest BCUT2D eigenvalue weighted by Crippen LogP contribution is 2.61. The highest BCUT2D eigenvalue weighted by Gasteiger charge is 2.50. The molecule has 65 heavy (non-hydrogen) atoms. The highest BCUT2D eigenvalue weighted by molar-refractivity contribution is 5.88. The molecular formula is C65H64. The summed E-state index contributed by atoms with van der Waals surface area (Å²) in [6.07, 6.45) is 40.2. The molecule has 13 rings (SSSR count). The molecule has 0 heterocycles. The van der Waals surface area contributed by atoms with Crippen molar-refractivity contribution in [3.63, 3.8) is 0 Å². The summed E-state index contributed by atoms with van der Waals surface area (Å²) >= 11 is 0. The average Bonchev–Trinajstić information content (AvgIpc) is 3.86. The summed E-state index contributed by atoms with van der Waals surface area (Å²) in [7, 11) is 0. The Morgan fingerprint density at radius 3 is 1.85 bits per heavy atom. The Balaban J connectivity index is 0.925. The Hall–Kier alpha value is -5.46. The molecule has 0 saturated heterocycles. The first-order valence-electron chi connectivity index (χ1n) is 25.4. The quantitative estimate of drug-likeness (QED) is 0.240. The maximum absolute atomic E-state index is 2.85. The lowest BCUT2D eigenvalue weighted by atomic mass is 9.57. The Kier molecular flexibility index (Phi) is 8.75. The van der Waals surface area contributed by atoms with Gasteiger partial charge in [-0.25, -0.2) is 0 Å². The second-order valence-corrected chi connectivity index (χ2v) is 22.3. The van der Waals surface area contributed by atoms with Gasteiger partial charge in [-0.1, -0.05) is 198 Å². The molecule has 0 bridgehead atoms. The molecule has 0 fully saturated rings. The second kappa shape index (κ2) is 14.3. The van der Waals surface area contributed by atoms with Crippen molar-refractivity contribution in [3.05, 3.63) is 229 Å². The molecule has 10 aliphatic rings. The van der Waals surface area contributed by atoms with E-state index in [1.807, 2.05) is 0 Å². The van der Waals surface area contributed by atoms with Crippen LogP contribution in [0.5, 0.6) is 0 Å². The van der Waals surface area contributed by atoms with E-state index in [9.17, 15) is 0 Å². The highest BCUT2D eigenvalue weighted by atomic mass is 14.5. The number of fused-ring (bicyclic) bond motifs is 11. The number of hydrogen-bond acceptors (Lipinski definition) is 0. The summed E-state index contributed by atoms with van der Waals surface area (Å²) in [5, 5.41) is 0. The number of allylic oxidation sites excluding steroid dienone is 24. The molecule has 0 nitrogen and oxygen atoms in total. The molecule has 0 aliphatic heterocycles. The van der Waals surface area contributed by atoms with Gasteiger partial charge in [0.05, 0.1) is 0 Å². The van der Waals surface area contributed by atoms with Gasteiger partial charge < -0.3 is 0 Å². The van der Waals surface area contributed by atoms with Gasteiger partial charge >= 0.3 is 0 Å². The zero-order valence-corrected chi connectivity index (χ0v) is 39.5. The summed E-state index contributed by atoms with van der Waals surface area (Å²) < 4.78 is 0. The van der Waals surface area contributed by atoms with E-state index in [0.717, 1.165) is 38.5 Å². The second-order valence-electron chi connectivity index (χ2n) is 22.3. The number of hydrogen-bond donors (Lipinski definition) is 0. The Bertz CT molecular complexity index is 3020. The first kappa shape index (κ1) is 39.9. The van der Waals surface area contributed by atoms with Crippen molar-refractivity contribution in [1.29, 1.82) is 0 Å². The van der Waals surface area contributed by atoms with Gasteiger partial charge in [-0.15, -0.1) is 0 Å². The van der Waals surface area contributed by atoms with Gasteiger partial charge in [0.1, 0.15) is 0 Å². The molecule has 6 unspecified atom stereocenters. The van der Waals surface area contributed by atoms with Crippen LogP contribution in [0.4, 0.5) is 0 Å². The normalized spacial score (nSPS) is 30.0. The van der Waals surface area contributed by atoms with Crippen LogP contribution in [0.1, 0.15) is 126 Å². The van der Waals surface area contributed by atoms with Gasteiger partial charge in [-0.05, 0) is 158 Å². The smallest absolute Gasteiger partial charge is 0.0121 e. The summed E-state index contributed by atoms with van der Waals surface area (Å²) in [4.78, 5) is 0. The topological polar surface area (TPSA) is 0 Å². The summed E-state index contributed by atoms with van der Waals surface area (Å²) in [5.41, 5.74) is 28.4. The van der Waals surface area contributed by atoms with Crippen LogP contribution >= 0.6 is 0 Å². The van der Waals surface area contributed by atoms with Crippen molar-refractivity contribution in [2.45, 2.75) is 109 Å². The minimum absolute atomic E-state index is 0.0417. The van der Waals surface area contributed by atoms with E-state index < -0.39 is 0 Å².